The number of nitrogens with one attached hydrogen (secondary N) is 1. The molecule has 3 aliphatic rings. The fraction of sp³-hybridized carbons (Fsp3) is 0.467. The predicted octanol–water partition coefficient (Wildman–Crippen LogP) is 1.01. The standard InChI is InChI=1S/C15H18N2O4S/c1-6-3-8-4-9(15(22)17-14(8)16-7(6)2)13-12(20)11(19)10(5-18)21-13/h3-4,10-13,18-20H,5H2,1-2H3,(H,16,17,22)/t10-,11?,12+,13+/m1/s1. The number of hydrogen-bond acceptors (Lipinski definition) is 6. The van der Waals surface area contributed by atoms with E-state index in [1.165, 1.54) is 0 Å². The van der Waals surface area contributed by atoms with Gasteiger partial charge in [0.25, 0.3) is 0 Å². The third-order valence-electron chi connectivity index (χ3n) is 4.16. The molecule has 0 amide bonds. The number of nitrogens with zero attached hydrogens (tertiary/aromatic N) is 1. The molecule has 0 aromatic rings. The van der Waals surface area contributed by atoms with E-state index in [1.807, 2.05) is 26.0 Å². The second-order valence-electron chi connectivity index (χ2n) is 5.66. The van der Waals surface area contributed by atoms with Crippen LogP contribution in [0, 0.1) is 18.5 Å². The van der Waals surface area contributed by atoms with Crippen LogP contribution in [0.5, 0.6) is 0 Å². The van der Waals surface area contributed by atoms with Crippen LogP contribution < -0.4 is 0 Å². The number of aliphatic hydroxyl groups is 3. The van der Waals surface area contributed by atoms with Gasteiger partial charge in [-0.05, 0) is 31.5 Å². The number of aryl methyl sites for hydroxylation is 2. The highest BCUT2D eigenvalue weighted by Crippen LogP contribution is 2.35. The Morgan fingerprint density at radius 2 is 2.00 bits per heavy atom. The molecule has 0 bridgehead atoms. The van der Waals surface area contributed by atoms with Crippen LogP contribution in [0.4, 0.5) is 0 Å². The van der Waals surface area contributed by atoms with Gasteiger partial charge in [-0.1, -0.05) is 12.2 Å². The molecule has 3 aliphatic heterocycles. The lowest BCUT2D eigenvalue weighted by atomic mass is 10.00. The zero-order valence-corrected chi connectivity index (χ0v) is 13.1. The van der Waals surface area contributed by atoms with Gasteiger partial charge in [0.1, 0.15) is 34.9 Å². The van der Waals surface area contributed by atoms with Crippen molar-refractivity contribution >= 4 is 12.2 Å². The Kier molecular flexibility index (Phi) is 4.00. The van der Waals surface area contributed by atoms with Gasteiger partial charge in [-0.2, -0.15) is 0 Å². The average molecular weight is 322 g/mol. The van der Waals surface area contributed by atoms with Crippen LogP contribution in [-0.4, -0.2) is 50.2 Å². The molecule has 118 valence electrons. The Hall–Kier alpha value is -1.38. The summed E-state index contributed by atoms with van der Waals surface area (Å²) in [6, 6.07) is 3.79. The lowest BCUT2D eigenvalue weighted by Gasteiger charge is -2.17. The van der Waals surface area contributed by atoms with Crippen LogP contribution in [0.2, 0.25) is 0 Å². The quantitative estimate of drug-likeness (QED) is 0.616. The third kappa shape index (κ3) is 2.45. The van der Waals surface area contributed by atoms with Gasteiger partial charge in [0.05, 0.1) is 6.61 Å². The van der Waals surface area contributed by atoms with Crippen LogP contribution in [0.1, 0.15) is 22.9 Å². The monoisotopic (exact) mass is 322 g/mol. The molecule has 0 saturated carbocycles. The average Bonchev–Trinajstić information content (AvgIpc) is 2.76. The molecule has 0 radical (unpaired) electrons. The van der Waals surface area contributed by atoms with Crippen LogP contribution in [-0.2, 0) is 4.74 Å². The van der Waals surface area contributed by atoms with Gasteiger partial charge in [0.15, 0.2) is 0 Å². The summed E-state index contributed by atoms with van der Waals surface area (Å²) in [6.07, 6.45) is -3.91. The maximum atomic E-state index is 10.1. The smallest absolute Gasteiger partial charge is 0.139 e. The van der Waals surface area contributed by atoms with Crippen molar-refractivity contribution in [2.45, 2.75) is 38.3 Å². The molecule has 1 saturated heterocycles. The summed E-state index contributed by atoms with van der Waals surface area (Å²) in [6.45, 7) is 3.58. The predicted molar refractivity (Wildman–Crippen MR) is 82.2 cm³/mol. The Balaban J connectivity index is 2.09. The van der Waals surface area contributed by atoms with Crippen molar-refractivity contribution < 1.29 is 20.1 Å². The number of aromatic amines is 1. The molecule has 0 aliphatic carbocycles. The molecular weight excluding hydrogens is 304 g/mol. The zero-order valence-electron chi connectivity index (χ0n) is 12.3. The minimum atomic E-state index is -1.15. The van der Waals surface area contributed by atoms with E-state index in [9.17, 15) is 15.3 Å². The number of ether oxygens (including phenoxy) is 1. The normalized spacial score (nSPS) is 28.4. The molecule has 0 spiro atoms. The largest absolute Gasteiger partial charge is 0.394 e. The molecule has 1 unspecified atom stereocenters. The number of aliphatic hydroxyl groups excluding tert-OH is 3. The fourth-order valence-electron chi connectivity index (χ4n) is 2.72. The van der Waals surface area contributed by atoms with Gasteiger partial charge in [-0.15, -0.1) is 0 Å². The Morgan fingerprint density at radius 1 is 1.27 bits per heavy atom. The van der Waals surface area contributed by atoms with Crippen molar-refractivity contribution in [3.63, 3.8) is 0 Å². The van der Waals surface area contributed by atoms with E-state index in [0.717, 1.165) is 16.8 Å². The molecule has 22 heavy (non-hydrogen) atoms. The summed E-state index contributed by atoms with van der Waals surface area (Å²) in [7, 11) is 0. The first-order valence-electron chi connectivity index (χ1n) is 7.06. The second-order valence-corrected chi connectivity index (χ2v) is 6.04. The SMILES string of the molecule is Cc1cc2cc([C@@H]3O[C@H](CO)C(O)[C@@H]3O)c(=S)nc-2[nH]c1C. The van der Waals surface area contributed by atoms with Gasteiger partial charge in [-0.3, -0.25) is 0 Å². The first-order valence-corrected chi connectivity index (χ1v) is 7.47. The van der Waals surface area contributed by atoms with Gasteiger partial charge in [-0.25, -0.2) is 4.98 Å². The number of hydrogen-bond donors (Lipinski definition) is 4. The number of H-pyrrole nitrogens is 1. The van der Waals surface area contributed by atoms with Crippen LogP contribution >= 0.6 is 12.2 Å². The highest BCUT2D eigenvalue weighted by molar-refractivity contribution is 7.71. The lowest BCUT2D eigenvalue weighted by Crippen LogP contribution is -2.32. The van der Waals surface area contributed by atoms with Gasteiger partial charge >= 0.3 is 0 Å². The van der Waals surface area contributed by atoms with Crippen molar-refractivity contribution in [2.24, 2.45) is 0 Å². The molecule has 3 rings (SSSR count). The van der Waals surface area contributed by atoms with E-state index in [0.29, 0.717) is 16.0 Å². The van der Waals surface area contributed by atoms with Gasteiger partial charge in [0.2, 0.25) is 0 Å². The highest BCUT2D eigenvalue weighted by atomic mass is 32.1. The maximum absolute atomic E-state index is 10.1. The summed E-state index contributed by atoms with van der Waals surface area (Å²) in [4.78, 5) is 7.54. The van der Waals surface area contributed by atoms with E-state index in [4.69, 9.17) is 17.0 Å². The third-order valence-corrected chi connectivity index (χ3v) is 4.49. The van der Waals surface area contributed by atoms with Crippen molar-refractivity contribution in [3.05, 3.63) is 33.6 Å². The molecular formula is C15H18N2O4S. The highest BCUT2D eigenvalue weighted by Gasteiger charge is 2.43. The number of rotatable bonds is 2. The molecule has 1 fully saturated rings. The molecule has 0 aromatic carbocycles. The van der Waals surface area contributed by atoms with Crippen LogP contribution in [0.3, 0.4) is 0 Å². The topological polar surface area (TPSA) is 98.6 Å². The summed E-state index contributed by atoms with van der Waals surface area (Å²) < 4.78 is 5.85. The zero-order chi connectivity index (χ0) is 16.0. The number of fused-ring (bicyclic) bond motifs is 1. The first kappa shape index (κ1) is 15.5. The van der Waals surface area contributed by atoms with Crippen LogP contribution in [0.15, 0.2) is 12.1 Å². The van der Waals surface area contributed by atoms with E-state index in [-0.39, 0.29) is 6.61 Å². The minimum absolute atomic E-state index is 0.307. The van der Waals surface area contributed by atoms with Crippen molar-refractivity contribution in [3.8, 4) is 11.4 Å². The molecule has 6 nitrogen and oxygen atoms in total. The fourth-order valence-corrected chi connectivity index (χ4v) is 2.98. The van der Waals surface area contributed by atoms with E-state index < -0.39 is 24.4 Å². The first-order chi connectivity index (χ1) is 10.4. The maximum Gasteiger partial charge on any atom is 0.139 e. The summed E-state index contributed by atoms with van der Waals surface area (Å²) in [5.41, 5.74) is 3.49. The molecule has 7 heteroatoms. The summed E-state index contributed by atoms with van der Waals surface area (Å²) in [5, 5.41) is 29.2. The Labute approximate surface area is 132 Å². The Morgan fingerprint density at radius 3 is 2.64 bits per heavy atom. The summed E-state index contributed by atoms with van der Waals surface area (Å²) in [5.74, 6) is 0.670. The number of pyridine rings is 2. The summed E-state index contributed by atoms with van der Waals surface area (Å²) >= 11 is 5.29. The second kappa shape index (κ2) is 5.68. The molecule has 0 aromatic heterocycles. The van der Waals surface area contributed by atoms with E-state index in [2.05, 4.69) is 9.97 Å². The van der Waals surface area contributed by atoms with E-state index in [1.54, 1.807) is 0 Å². The van der Waals surface area contributed by atoms with Crippen molar-refractivity contribution in [1.29, 1.82) is 0 Å². The van der Waals surface area contributed by atoms with Crippen molar-refractivity contribution in [1.82, 2.24) is 9.97 Å². The molecule has 4 atom stereocenters. The Bertz CT molecular complexity index is 732. The lowest BCUT2D eigenvalue weighted by molar-refractivity contribution is -0.0229. The minimum Gasteiger partial charge on any atom is -0.394 e. The van der Waals surface area contributed by atoms with E-state index >= 15 is 0 Å². The van der Waals surface area contributed by atoms with Gasteiger partial charge < -0.3 is 25.0 Å². The number of aromatic nitrogens is 2. The molecule has 3 heterocycles. The molecule has 4 N–H and O–H groups in total. The van der Waals surface area contributed by atoms with Gasteiger partial charge in [0, 0.05) is 16.8 Å². The van der Waals surface area contributed by atoms with Crippen molar-refractivity contribution in [2.75, 3.05) is 6.61 Å². The van der Waals surface area contributed by atoms with Crippen LogP contribution in [0.25, 0.3) is 11.4 Å².